The summed E-state index contributed by atoms with van der Waals surface area (Å²) < 4.78 is 4.09. The summed E-state index contributed by atoms with van der Waals surface area (Å²) in [6.45, 7) is 8.51. The number of hydrogen-bond donors (Lipinski definition) is 2. The first-order chi connectivity index (χ1) is 8.43. The molecule has 4 nitrogen and oxygen atoms in total. The normalized spacial score (nSPS) is 13.8. The van der Waals surface area contributed by atoms with E-state index in [1.54, 1.807) is 11.3 Å². The van der Waals surface area contributed by atoms with Crippen LogP contribution in [0.5, 0.6) is 0 Å². The van der Waals surface area contributed by atoms with E-state index in [4.69, 9.17) is 5.84 Å². The zero-order chi connectivity index (χ0) is 13.3. The maximum Gasteiger partial charge on any atom is 0.0929 e. The van der Waals surface area contributed by atoms with Crippen LogP contribution in [0.2, 0.25) is 0 Å². The Balaban J connectivity index is 2.43. The fourth-order valence-corrected chi connectivity index (χ4v) is 3.77. The summed E-state index contributed by atoms with van der Waals surface area (Å²) in [5, 5.41) is 4.27. The second kappa shape index (κ2) is 5.05. The number of hydrazine groups is 1. The van der Waals surface area contributed by atoms with Gasteiger partial charge in [0.2, 0.25) is 0 Å². The van der Waals surface area contributed by atoms with Gasteiger partial charge in [-0.25, -0.2) is 5.43 Å². The van der Waals surface area contributed by atoms with Gasteiger partial charge in [0.15, 0.2) is 0 Å². The first-order valence-electron chi connectivity index (χ1n) is 5.78. The highest BCUT2D eigenvalue weighted by atomic mass is 32.1. The van der Waals surface area contributed by atoms with Gasteiger partial charge < -0.3 is 0 Å². The van der Waals surface area contributed by atoms with Gasteiger partial charge >= 0.3 is 0 Å². The molecule has 18 heavy (non-hydrogen) atoms. The van der Waals surface area contributed by atoms with Crippen LogP contribution in [0.4, 0.5) is 0 Å². The van der Waals surface area contributed by atoms with E-state index in [1.165, 1.54) is 21.3 Å². The smallest absolute Gasteiger partial charge is 0.0929 e. The van der Waals surface area contributed by atoms with Crippen molar-refractivity contribution in [3.05, 3.63) is 32.5 Å². The molecule has 0 fully saturated rings. The summed E-state index contributed by atoms with van der Waals surface area (Å²) in [5.74, 6) is 5.73. The molecule has 1 atom stereocenters. The first-order valence-corrected chi connectivity index (χ1v) is 7.37. The predicted octanol–water partition coefficient (Wildman–Crippen LogP) is 2.76. The highest BCUT2D eigenvalue weighted by Crippen LogP contribution is 2.35. The number of nitrogens with zero attached hydrogens (tertiary/aromatic N) is 2. The molecule has 2 aromatic heterocycles. The molecule has 0 aliphatic heterocycles. The Labute approximate surface area is 115 Å². The molecule has 2 heterocycles. The lowest BCUT2D eigenvalue weighted by atomic mass is 9.90. The zero-order valence-corrected chi connectivity index (χ0v) is 12.7. The van der Waals surface area contributed by atoms with Gasteiger partial charge in [0.25, 0.3) is 0 Å². The van der Waals surface area contributed by atoms with Crippen molar-refractivity contribution in [2.75, 3.05) is 0 Å². The highest BCUT2D eigenvalue weighted by Gasteiger charge is 2.28. The summed E-state index contributed by atoms with van der Waals surface area (Å²) >= 11 is 3.16. The van der Waals surface area contributed by atoms with Crippen LogP contribution in [-0.4, -0.2) is 9.59 Å². The summed E-state index contributed by atoms with van der Waals surface area (Å²) in [6, 6.07) is 4.20. The molecule has 3 N–H and O–H groups in total. The molecule has 6 heteroatoms. The number of hydrogen-bond acceptors (Lipinski definition) is 6. The van der Waals surface area contributed by atoms with Crippen LogP contribution >= 0.6 is 22.9 Å². The zero-order valence-electron chi connectivity index (χ0n) is 11.0. The lowest BCUT2D eigenvalue weighted by Crippen LogP contribution is -2.29. The molecule has 0 spiro atoms. The van der Waals surface area contributed by atoms with E-state index in [0.717, 1.165) is 10.6 Å². The van der Waals surface area contributed by atoms with Crippen LogP contribution in [0, 0.1) is 6.92 Å². The molecular weight excluding hydrogens is 264 g/mol. The molecule has 0 bridgehead atoms. The van der Waals surface area contributed by atoms with Crippen LogP contribution in [0.3, 0.4) is 0 Å². The summed E-state index contributed by atoms with van der Waals surface area (Å²) in [6.07, 6.45) is 0. The number of nitrogens with two attached hydrogens (primary N) is 1. The van der Waals surface area contributed by atoms with Crippen LogP contribution in [0.25, 0.3) is 0 Å². The molecule has 0 aromatic carbocycles. The maximum atomic E-state index is 5.73. The second-order valence-electron chi connectivity index (χ2n) is 5.28. The van der Waals surface area contributed by atoms with Gasteiger partial charge in [-0.2, -0.15) is 0 Å². The number of thiophene rings is 1. The maximum absolute atomic E-state index is 5.73. The lowest BCUT2D eigenvalue weighted by Gasteiger charge is -2.20. The molecule has 0 amide bonds. The van der Waals surface area contributed by atoms with E-state index in [2.05, 4.69) is 54.8 Å². The Morgan fingerprint density at radius 1 is 1.33 bits per heavy atom. The number of nitrogens with one attached hydrogen (secondary N) is 1. The average Bonchev–Trinajstić information content (AvgIpc) is 2.88. The monoisotopic (exact) mass is 282 g/mol. The molecule has 0 aliphatic carbocycles. The third-order valence-electron chi connectivity index (χ3n) is 2.70. The largest absolute Gasteiger partial charge is 0.271 e. The number of aryl methyl sites for hydroxylation is 1. The quantitative estimate of drug-likeness (QED) is 0.671. The minimum Gasteiger partial charge on any atom is -0.271 e. The van der Waals surface area contributed by atoms with Gasteiger partial charge in [-0.1, -0.05) is 25.3 Å². The third-order valence-corrected chi connectivity index (χ3v) is 4.55. The van der Waals surface area contributed by atoms with Crippen molar-refractivity contribution in [1.29, 1.82) is 0 Å². The Morgan fingerprint density at radius 2 is 2.06 bits per heavy atom. The van der Waals surface area contributed by atoms with Crippen LogP contribution < -0.4 is 11.3 Å². The van der Waals surface area contributed by atoms with Gasteiger partial charge in [0, 0.05) is 15.2 Å². The van der Waals surface area contributed by atoms with E-state index in [1.807, 2.05) is 0 Å². The van der Waals surface area contributed by atoms with Crippen molar-refractivity contribution in [3.8, 4) is 0 Å². The summed E-state index contributed by atoms with van der Waals surface area (Å²) in [4.78, 5) is 3.58. The molecule has 0 aliphatic rings. The van der Waals surface area contributed by atoms with Crippen LogP contribution in [0.1, 0.15) is 47.1 Å². The van der Waals surface area contributed by atoms with Gasteiger partial charge in [0.1, 0.15) is 0 Å². The standard InChI is InChI=1S/C12H18N4S2/c1-7-5-6-8(17-7)9(14-13)10-11(12(2,3)4)15-16-18-10/h5-6,9,14H,13H2,1-4H3. The molecule has 0 saturated carbocycles. The molecule has 2 rings (SSSR count). The third kappa shape index (κ3) is 2.61. The second-order valence-corrected chi connectivity index (χ2v) is 7.39. The Hall–Kier alpha value is -0.820. The average molecular weight is 282 g/mol. The number of rotatable bonds is 3. The van der Waals surface area contributed by atoms with E-state index < -0.39 is 0 Å². The fourth-order valence-electron chi connectivity index (χ4n) is 1.80. The highest BCUT2D eigenvalue weighted by molar-refractivity contribution is 7.12. The molecule has 98 valence electrons. The topological polar surface area (TPSA) is 63.8 Å². The SMILES string of the molecule is Cc1ccc(C(NN)c2snnc2C(C)(C)C)s1. The minimum atomic E-state index is -0.0241. The Kier molecular flexibility index (Phi) is 3.82. The van der Waals surface area contributed by atoms with E-state index in [0.29, 0.717) is 0 Å². The van der Waals surface area contributed by atoms with E-state index in [9.17, 15) is 0 Å². The summed E-state index contributed by atoms with van der Waals surface area (Å²) in [5.41, 5.74) is 3.88. The Morgan fingerprint density at radius 3 is 2.56 bits per heavy atom. The summed E-state index contributed by atoms with van der Waals surface area (Å²) in [7, 11) is 0. The van der Waals surface area contributed by atoms with Crippen molar-refractivity contribution >= 4 is 22.9 Å². The fraction of sp³-hybridized carbons (Fsp3) is 0.500. The van der Waals surface area contributed by atoms with Crippen molar-refractivity contribution in [1.82, 2.24) is 15.0 Å². The predicted molar refractivity (Wildman–Crippen MR) is 76.8 cm³/mol. The number of aromatic nitrogens is 2. The van der Waals surface area contributed by atoms with E-state index >= 15 is 0 Å². The van der Waals surface area contributed by atoms with Gasteiger partial charge in [0.05, 0.1) is 16.6 Å². The molecule has 0 radical (unpaired) electrons. The van der Waals surface area contributed by atoms with Crippen molar-refractivity contribution < 1.29 is 0 Å². The van der Waals surface area contributed by atoms with E-state index in [-0.39, 0.29) is 11.5 Å². The molecular formula is C12H18N4S2. The van der Waals surface area contributed by atoms with Crippen molar-refractivity contribution in [2.45, 2.75) is 39.2 Å². The van der Waals surface area contributed by atoms with Crippen molar-refractivity contribution in [2.24, 2.45) is 5.84 Å². The molecule has 1 unspecified atom stereocenters. The first kappa shape index (κ1) is 13.6. The van der Waals surface area contributed by atoms with Gasteiger partial charge in [-0.05, 0) is 30.6 Å². The Bertz CT molecular complexity index is 524. The minimum absolute atomic E-state index is 0.0158. The van der Waals surface area contributed by atoms with Gasteiger partial charge in [-0.15, -0.1) is 16.4 Å². The van der Waals surface area contributed by atoms with Crippen LogP contribution in [-0.2, 0) is 5.41 Å². The molecule has 2 aromatic rings. The molecule has 0 saturated heterocycles. The van der Waals surface area contributed by atoms with Crippen LogP contribution in [0.15, 0.2) is 12.1 Å². The van der Waals surface area contributed by atoms with Gasteiger partial charge in [-0.3, -0.25) is 5.84 Å². The van der Waals surface area contributed by atoms with Crippen molar-refractivity contribution in [3.63, 3.8) is 0 Å². The lowest BCUT2D eigenvalue weighted by molar-refractivity contribution is 0.545.